The summed E-state index contributed by atoms with van der Waals surface area (Å²) in [6.45, 7) is 1.97. The predicted octanol–water partition coefficient (Wildman–Crippen LogP) is 2.26. The maximum Gasteiger partial charge on any atom is 0.279 e. The van der Waals surface area contributed by atoms with E-state index in [1.165, 1.54) is 0 Å². The van der Waals surface area contributed by atoms with Gasteiger partial charge in [0.15, 0.2) is 0 Å². The van der Waals surface area contributed by atoms with Gasteiger partial charge in [-0.05, 0) is 37.5 Å². The van der Waals surface area contributed by atoms with Crippen molar-refractivity contribution in [3.05, 3.63) is 0 Å². The van der Waals surface area contributed by atoms with Crippen LogP contribution in [-0.2, 0) is 10.2 Å². The van der Waals surface area contributed by atoms with Gasteiger partial charge in [0.2, 0.25) is 0 Å². The molecule has 1 saturated carbocycles. The summed E-state index contributed by atoms with van der Waals surface area (Å²) in [5, 5.41) is 0.957. The summed E-state index contributed by atoms with van der Waals surface area (Å²) in [6.07, 6.45) is 7.66. The van der Waals surface area contributed by atoms with Gasteiger partial charge in [-0.3, -0.25) is 0 Å². The van der Waals surface area contributed by atoms with Crippen molar-refractivity contribution in [3.8, 4) is 0 Å². The molecule has 0 unspecified atom stereocenters. The summed E-state index contributed by atoms with van der Waals surface area (Å²) in [4.78, 5) is 0. The van der Waals surface area contributed by atoms with E-state index < -0.39 is 10.2 Å². The summed E-state index contributed by atoms with van der Waals surface area (Å²) in [5.41, 5.74) is 0.239. The third-order valence-electron chi connectivity index (χ3n) is 4.12. The lowest BCUT2D eigenvalue weighted by atomic mass is 10.1. The lowest BCUT2D eigenvalue weighted by Gasteiger charge is -2.22. The third kappa shape index (κ3) is 3.92. The Morgan fingerprint density at radius 1 is 1.11 bits per heavy atom. The van der Waals surface area contributed by atoms with E-state index in [0.717, 1.165) is 50.3 Å². The van der Waals surface area contributed by atoms with Gasteiger partial charge in [-0.15, -0.1) is 0 Å². The molecule has 0 spiro atoms. The van der Waals surface area contributed by atoms with Crippen LogP contribution in [0.15, 0.2) is 0 Å². The minimum atomic E-state index is -3.25. The molecule has 18 heavy (non-hydrogen) atoms. The Bertz CT molecular complexity index is 360. The smallest absolute Gasteiger partial charge is 0.202 e. The summed E-state index contributed by atoms with van der Waals surface area (Å²) in [6, 6.07) is 0. The van der Waals surface area contributed by atoms with Crippen LogP contribution in [0.4, 0.5) is 0 Å². The number of rotatable bonds is 6. The monoisotopic (exact) mass is 338 g/mol. The number of halogens is 1. The zero-order valence-electron chi connectivity index (χ0n) is 10.8. The zero-order chi connectivity index (χ0) is 13.1. The van der Waals surface area contributed by atoms with Crippen LogP contribution >= 0.6 is 15.9 Å². The molecule has 0 atom stereocenters. The average Bonchev–Trinajstić information content (AvgIpc) is 3.11. The first kappa shape index (κ1) is 14.8. The Kier molecular flexibility index (Phi) is 5.08. The lowest BCUT2D eigenvalue weighted by molar-refractivity contribution is 0.402. The number of hydrogen-bond acceptors (Lipinski definition) is 2. The first-order valence-corrected chi connectivity index (χ1v) is 9.45. The Hall–Kier alpha value is 0.350. The quantitative estimate of drug-likeness (QED) is 0.755. The third-order valence-corrected chi connectivity index (χ3v) is 6.07. The molecule has 4 nitrogen and oxygen atoms in total. The molecule has 0 aromatic heterocycles. The number of nitrogens with zero attached hydrogens (tertiary/aromatic N) is 1. The van der Waals surface area contributed by atoms with Gasteiger partial charge in [0.25, 0.3) is 10.2 Å². The van der Waals surface area contributed by atoms with Gasteiger partial charge in [0.05, 0.1) is 0 Å². The maximum atomic E-state index is 12.2. The average molecular weight is 339 g/mol. The molecule has 0 amide bonds. The molecule has 1 saturated heterocycles. The predicted molar refractivity (Wildman–Crippen MR) is 77.0 cm³/mol. The van der Waals surface area contributed by atoms with Gasteiger partial charge in [-0.1, -0.05) is 28.8 Å². The second-order valence-electron chi connectivity index (χ2n) is 5.58. The van der Waals surface area contributed by atoms with E-state index in [4.69, 9.17) is 0 Å². The summed E-state index contributed by atoms with van der Waals surface area (Å²) < 4.78 is 28.9. The van der Waals surface area contributed by atoms with Crippen molar-refractivity contribution < 1.29 is 8.42 Å². The minimum absolute atomic E-state index is 0.239. The molecule has 1 heterocycles. The van der Waals surface area contributed by atoms with Crippen molar-refractivity contribution in [1.29, 1.82) is 0 Å². The zero-order valence-corrected chi connectivity index (χ0v) is 13.2. The molecular weight excluding hydrogens is 316 g/mol. The molecule has 0 radical (unpaired) electrons. The van der Waals surface area contributed by atoms with Crippen LogP contribution in [0.25, 0.3) is 0 Å². The van der Waals surface area contributed by atoms with Crippen LogP contribution in [0.3, 0.4) is 0 Å². The Balaban J connectivity index is 1.86. The molecule has 0 aromatic carbocycles. The second kappa shape index (κ2) is 6.20. The lowest BCUT2D eigenvalue weighted by Crippen LogP contribution is -2.43. The largest absolute Gasteiger partial charge is 0.279 e. The summed E-state index contributed by atoms with van der Waals surface area (Å²) >= 11 is 3.44. The van der Waals surface area contributed by atoms with E-state index in [9.17, 15) is 8.42 Å². The van der Waals surface area contributed by atoms with Crippen molar-refractivity contribution in [3.63, 3.8) is 0 Å². The highest BCUT2D eigenvalue weighted by atomic mass is 79.9. The summed E-state index contributed by atoms with van der Waals surface area (Å²) in [7, 11) is -3.25. The second-order valence-corrected chi connectivity index (χ2v) is 8.13. The maximum absolute atomic E-state index is 12.2. The van der Waals surface area contributed by atoms with E-state index in [-0.39, 0.29) is 5.41 Å². The highest BCUT2D eigenvalue weighted by Crippen LogP contribution is 2.48. The Morgan fingerprint density at radius 2 is 1.72 bits per heavy atom. The van der Waals surface area contributed by atoms with E-state index in [0.29, 0.717) is 19.6 Å². The van der Waals surface area contributed by atoms with Crippen LogP contribution in [0, 0.1) is 5.41 Å². The molecule has 2 rings (SSSR count). The molecule has 106 valence electrons. The van der Waals surface area contributed by atoms with Gasteiger partial charge >= 0.3 is 0 Å². The molecule has 1 aliphatic heterocycles. The fourth-order valence-corrected chi connectivity index (χ4v) is 4.76. The molecule has 1 aliphatic carbocycles. The van der Waals surface area contributed by atoms with Gasteiger partial charge in [0.1, 0.15) is 0 Å². The topological polar surface area (TPSA) is 49.4 Å². The number of hydrogen-bond donors (Lipinski definition) is 1. The Morgan fingerprint density at radius 3 is 2.22 bits per heavy atom. The van der Waals surface area contributed by atoms with E-state index in [1.54, 1.807) is 4.31 Å². The van der Waals surface area contributed by atoms with Crippen molar-refractivity contribution >= 4 is 26.1 Å². The minimum Gasteiger partial charge on any atom is -0.202 e. The normalized spacial score (nSPS) is 24.7. The van der Waals surface area contributed by atoms with Crippen molar-refractivity contribution in [2.24, 2.45) is 5.41 Å². The van der Waals surface area contributed by atoms with Crippen LogP contribution in [0.2, 0.25) is 0 Å². The van der Waals surface area contributed by atoms with Crippen molar-refractivity contribution in [2.45, 2.75) is 44.9 Å². The van der Waals surface area contributed by atoms with Crippen LogP contribution in [-0.4, -0.2) is 37.7 Å². The highest BCUT2D eigenvalue weighted by Gasteiger charge is 2.42. The van der Waals surface area contributed by atoms with Gasteiger partial charge in [-0.25, -0.2) is 4.72 Å². The van der Waals surface area contributed by atoms with E-state index in [2.05, 4.69) is 20.7 Å². The molecule has 6 heteroatoms. The fraction of sp³-hybridized carbons (Fsp3) is 1.00. The molecule has 0 bridgehead atoms. The van der Waals surface area contributed by atoms with Gasteiger partial charge < -0.3 is 0 Å². The van der Waals surface area contributed by atoms with Crippen LogP contribution in [0.5, 0.6) is 0 Å². The highest BCUT2D eigenvalue weighted by molar-refractivity contribution is 9.09. The molecular formula is C12H23BrN2O2S. The molecule has 1 N–H and O–H groups in total. The SMILES string of the molecule is O=S(=O)(NCC1(CCBr)CC1)N1CCCCCC1. The number of alkyl halides is 1. The van der Waals surface area contributed by atoms with Crippen LogP contribution in [0.1, 0.15) is 44.9 Å². The first-order valence-electron chi connectivity index (χ1n) is 6.89. The van der Waals surface area contributed by atoms with Crippen molar-refractivity contribution in [2.75, 3.05) is 25.0 Å². The van der Waals surface area contributed by atoms with Crippen molar-refractivity contribution in [1.82, 2.24) is 9.03 Å². The fourth-order valence-electron chi connectivity index (χ4n) is 2.51. The first-order chi connectivity index (χ1) is 8.58. The van der Waals surface area contributed by atoms with Gasteiger partial charge in [-0.2, -0.15) is 12.7 Å². The van der Waals surface area contributed by atoms with E-state index >= 15 is 0 Å². The van der Waals surface area contributed by atoms with Crippen LogP contribution < -0.4 is 4.72 Å². The standard InChI is InChI=1S/C12H23BrN2O2S/c13-8-7-12(5-6-12)11-14-18(16,17)15-9-3-1-2-4-10-15/h14H,1-11H2. The number of nitrogens with one attached hydrogen (secondary N) is 1. The Labute approximate surface area is 119 Å². The molecule has 2 fully saturated rings. The van der Waals surface area contributed by atoms with Gasteiger partial charge in [0, 0.05) is 25.0 Å². The summed E-state index contributed by atoms with van der Waals surface area (Å²) in [5.74, 6) is 0. The molecule has 0 aromatic rings. The van der Waals surface area contributed by atoms with E-state index in [1.807, 2.05) is 0 Å². The molecule has 2 aliphatic rings.